The highest BCUT2D eigenvalue weighted by molar-refractivity contribution is 5.37. The summed E-state index contributed by atoms with van der Waals surface area (Å²) in [5, 5.41) is 0. The minimum absolute atomic E-state index is 1.01. The van der Waals surface area contributed by atoms with Crippen LogP contribution in [0.3, 0.4) is 0 Å². The van der Waals surface area contributed by atoms with Crippen LogP contribution in [0, 0.1) is 13.8 Å². The number of H-pyrrole nitrogens is 2. The van der Waals surface area contributed by atoms with E-state index >= 15 is 0 Å². The lowest BCUT2D eigenvalue weighted by Crippen LogP contribution is -1.99. The lowest BCUT2D eigenvalue weighted by molar-refractivity contribution is 0.775. The van der Waals surface area contributed by atoms with E-state index in [9.17, 15) is 0 Å². The van der Waals surface area contributed by atoms with Crippen molar-refractivity contribution in [2.45, 2.75) is 72.6 Å². The maximum absolute atomic E-state index is 3.50. The van der Waals surface area contributed by atoms with Gasteiger partial charge in [-0.15, -0.1) is 0 Å². The topological polar surface area (TPSA) is 31.6 Å². The molecule has 2 heterocycles. The van der Waals surface area contributed by atoms with E-state index in [-0.39, 0.29) is 0 Å². The minimum Gasteiger partial charge on any atom is -0.364 e. The van der Waals surface area contributed by atoms with Crippen LogP contribution in [0.25, 0.3) is 0 Å². The Morgan fingerprint density at radius 3 is 1.57 bits per heavy atom. The second-order valence-corrected chi connectivity index (χ2v) is 6.24. The molecule has 2 aromatic rings. The van der Waals surface area contributed by atoms with Crippen molar-refractivity contribution in [1.82, 2.24) is 9.97 Å². The molecule has 0 saturated heterocycles. The molecule has 0 unspecified atom stereocenters. The van der Waals surface area contributed by atoms with Crippen molar-refractivity contribution in [2.24, 2.45) is 0 Å². The molecule has 21 heavy (non-hydrogen) atoms. The summed E-state index contributed by atoms with van der Waals surface area (Å²) in [5.41, 5.74) is 8.70. The average molecular weight is 286 g/mol. The predicted molar refractivity (Wildman–Crippen MR) is 91.1 cm³/mol. The molecular weight excluding hydrogens is 256 g/mol. The van der Waals surface area contributed by atoms with E-state index in [2.05, 4.69) is 50.1 Å². The van der Waals surface area contributed by atoms with Crippen LogP contribution in [0.15, 0.2) is 12.4 Å². The molecule has 2 aromatic heterocycles. The van der Waals surface area contributed by atoms with Gasteiger partial charge in [0.25, 0.3) is 0 Å². The molecule has 116 valence electrons. The molecule has 0 spiro atoms. The first-order chi connectivity index (χ1) is 10.2. The van der Waals surface area contributed by atoms with E-state index in [1.165, 1.54) is 72.2 Å². The monoisotopic (exact) mass is 286 g/mol. The number of unbranched alkanes of at least 4 members (excludes halogenated alkanes) is 2. The van der Waals surface area contributed by atoms with Crippen LogP contribution >= 0.6 is 0 Å². The van der Waals surface area contributed by atoms with Gasteiger partial charge < -0.3 is 9.97 Å². The van der Waals surface area contributed by atoms with Crippen molar-refractivity contribution in [3.05, 3.63) is 46.0 Å². The highest BCUT2D eigenvalue weighted by Gasteiger charge is 2.13. The van der Waals surface area contributed by atoms with Gasteiger partial charge in [-0.2, -0.15) is 0 Å². The van der Waals surface area contributed by atoms with Crippen molar-refractivity contribution in [2.75, 3.05) is 0 Å². The van der Waals surface area contributed by atoms with Gasteiger partial charge in [0.2, 0.25) is 0 Å². The van der Waals surface area contributed by atoms with E-state index in [0.29, 0.717) is 0 Å². The van der Waals surface area contributed by atoms with E-state index in [1.807, 2.05) is 0 Å². The van der Waals surface area contributed by atoms with E-state index in [4.69, 9.17) is 0 Å². The quantitative estimate of drug-likeness (QED) is 0.665. The van der Waals surface area contributed by atoms with Crippen molar-refractivity contribution in [3.63, 3.8) is 0 Å². The Morgan fingerprint density at radius 2 is 1.19 bits per heavy atom. The van der Waals surface area contributed by atoms with Crippen LogP contribution in [0.5, 0.6) is 0 Å². The highest BCUT2D eigenvalue weighted by atomic mass is 14.7. The smallest absolute Gasteiger partial charge is 0.0284 e. The summed E-state index contributed by atoms with van der Waals surface area (Å²) in [5.74, 6) is 0. The molecular formula is C19H30N2. The zero-order valence-corrected chi connectivity index (χ0v) is 14.1. The normalized spacial score (nSPS) is 11.2. The van der Waals surface area contributed by atoms with Gasteiger partial charge in [0.15, 0.2) is 0 Å². The fraction of sp³-hybridized carbons (Fsp3) is 0.579. The number of aromatic amines is 2. The summed E-state index contributed by atoms with van der Waals surface area (Å²) in [7, 11) is 0. The third kappa shape index (κ3) is 3.81. The molecule has 0 radical (unpaired) electrons. The van der Waals surface area contributed by atoms with Gasteiger partial charge >= 0.3 is 0 Å². The maximum Gasteiger partial charge on any atom is 0.0284 e. The second kappa shape index (κ2) is 7.53. The molecule has 0 amide bonds. The lowest BCUT2D eigenvalue weighted by Gasteiger charge is -2.08. The summed E-state index contributed by atoms with van der Waals surface area (Å²) in [4.78, 5) is 7.01. The van der Waals surface area contributed by atoms with Gasteiger partial charge in [0, 0.05) is 30.2 Å². The molecule has 2 nitrogen and oxygen atoms in total. The maximum atomic E-state index is 3.50. The van der Waals surface area contributed by atoms with Crippen molar-refractivity contribution in [1.29, 1.82) is 0 Å². The molecule has 0 bridgehead atoms. The zero-order chi connectivity index (χ0) is 15.2. The van der Waals surface area contributed by atoms with Crippen LogP contribution < -0.4 is 0 Å². The minimum atomic E-state index is 1.01. The van der Waals surface area contributed by atoms with Crippen LogP contribution in [0.4, 0.5) is 0 Å². The molecule has 0 aliphatic heterocycles. The summed E-state index contributed by atoms with van der Waals surface area (Å²) in [6.45, 7) is 8.98. The molecule has 0 atom stereocenters. The van der Waals surface area contributed by atoms with Gasteiger partial charge in [-0.25, -0.2) is 0 Å². The fourth-order valence-corrected chi connectivity index (χ4v) is 3.11. The van der Waals surface area contributed by atoms with E-state index in [0.717, 1.165) is 6.42 Å². The van der Waals surface area contributed by atoms with Crippen LogP contribution in [0.2, 0.25) is 0 Å². The summed E-state index contributed by atoms with van der Waals surface area (Å²) in [6.07, 6.45) is 12.8. The first-order valence-corrected chi connectivity index (χ1v) is 8.48. The fourth-order valence-electron chi connectivity index (χ4n) is 3.11. The number of aryl methyl sites for hydroxylation is 2. The third-order valence-corrected chi connectivity index (χ3v) is 4.52. The largest absolute Gasteiger partial charge is 0.364 e. The molecule has 2 heteroatoms. The molecule has 0 saturated carbocycles. The van der Waals surface area contributed by atoms with Crippen molar-refractivity contribution in [3.8, 4) is 0 Å². The van der Waals surface area contributed by atoms with Crippen molar-refractivity contribution >= 4 is 0 Å². The van der Waals surface area contributed by atoms with Gasteiger partial charge in [-0.1, -0.05) is 26.7 Å². The Bertz CT molecular complexity index is 510. The third-order valence-electron chi connectivity index (χ3n) is 4.52. The predicted octanol–water partition coefficient (Wildman–Crippen LogP) is 5.24. The van der Waals surface area contributed by atoms with E-state index < -0.39 is 0 Å². The SMILES string of the molecule is CCCCc1c(C)c[nH]c1Cc1[nH]cc(C)c1CCCC. The lowest BCUT2D eigenvalue weighted by atomic mass is 9.99. The van der Waals surface area contributed by atoms with Gasteiger partial charge in [0.1, 0.15) is 0 Å². The average Bonchev–Trinajstić information content (AvgIpc) is 2.99. The summed E-state index contributed by atoms with van der Waals surface area (Å²) < 4.78 is 0. The number of aromatic nitrogens is 2. The number of hydrogen-bond donors (Lipinski definition) is 2. The van der Waals surface area contributed by atoms with E-state index in [1.54, 1.807) is 0 Å². The van der Waals surface area contributed by atoms with Crippen LogP contribution in [-0.2, 0) is 19.3 Å². The highest BCUT2D eigenvalue weighted by Crippen LogP contribution is 2.23. The summed E-state index contributed by atoms with van der Waals surface area (Å²) >= 11 is 0. The van der Waals surface area contributed by atoms with Crippen LogP contribution in [0.1, 0.15) is 73.2 Å². The zero-order valence-electron chi connectivity index (χ0n) is 14.1. The Labute approximate surface area is 129 Å². The first kappa shape index (κ1) is 15.9. The molecule has 0 aliphatic carbocycles. The number of hydrogen-bond acceptors (Lipinski definition) is 0. The molecule has 0 aromatic carbocycles. The van der Waals surface area contributed by atoms with Crippen molar-refractivity contribution < 1.29 is 0 Å². The Morgan fingerprint density at radius 1 is 0.762 bits per heavy atom. The van der Waals surface area contributed by atoms with Crippen LogP contribution in [-0.4, -0.2) is 9.97 Å². The Kier molecular flexibility index (Phi) is 5.72. The molecule has 0 aliphatic rings. The number of rotatable bonds is 8. The summed E-state index contributed by atoms with van der Waals surface area (Å²) in [6, 6.07) is 0. The Hall–Kier alpha value is -1.44. The Balaban J connectivity index is 2.18. The first-order valence-electron chi connectivity index (χ1n) is 8.48. The number of nitrogens with one attached hydrogen (secondary N) is 2. The molecule has 0 fully saturated rings. The van der Waals surface area contributed by atoms with Gasteiger partial charge in [-0.3, -0.25) is 0 Å². The van der Waals surface area contributed by atoms with Gasteiger partial charge in [-0.05, 0) is 61.8 Å². The van der Waals surface area contributed by atoms with Gasteiger partial charge in [0.05, 0.1) is 0 Å². The molecule has 2 N–H and O–H groups in total. The molecule has 2 rings (SSSR count). The second-order valence-electron chi connectivity index (χ2n) is 6.24. The standard InChI is InChI=1S/C19H30N2/c1-5-7-9-16-14(3)12-20-18(16)11-19-17(10-8-6-2)15(4)13-21-19/h12-13,20-21H,5-11H2,1-4H3.